The molecule has 3 aromatic rings. The quantitative estimate of drug-likeness (QED) is 0.642. The van der Waals surface area contributed by atoms with Crippen molar-refractivity contribution in [3.8, 4) is 10.6 Å². The molecule has 0 bridgehead atoms. The summed E-state index contributed by atoms with van der Waals surface area (Å²) in [5.74, 6) is 0. The first-order valence-electron chi connectivity index (χ1n) is 5.98. The number of halogens is 1. The number of nitrogens with two attached hydrogens (primary N) is 1. The molecule has 0 atom stereocenters. The number of aryl methyl sites for hydroxylation is 1. The van der Waals surface area contributed by atoms with Crippen LogP contribution in [-0.4, -0.2) is 4.98 Å². The standard InChI is InChI=1S/C15H13BrN2S/c1-8-9(2)14-13(7-12(8)16)19-15(18-14)10-4-3-5-11(17)6-10/h3-7H,17H2,1-2H3. The number of hydrogen-bond acceptors (Lipinski definition) is 3. The van der Waals surface area contributed by atoms with Crippen molar-refractivity contribution in [1.29, 1.82) is 0 Å². The van der Waals surface area contributed by atoms with E-state index in [0.29, 0.717) is 0 Å². The predicted molar refractivity (Wildman–Crippen MR) is 86.6 cm³/mol. The largest absolute Gasteiger partial charge is 0.399 e. The Hall–Kier alpha value is -1.39. The van der Waals surface area contributed by atoms with E-state index in [1.807, 2.05) is 24.3 Å². The number of rotatable bonds is 1. The number of nitrogens with zero attached hydrogens (tertiary/aromatic N) is 1. The summed E-state index contributed by atoms with van der Waals surface area (Å²) >= 11 is 5.30. The second-order valence-corrected chi connectivity index (χ2v) is 6.48. The number of anilines is 1. The Morgan fingerprint density at radius 2 is 1.95 bits per heavy atom. The Labute approximate surface area is 124 Å². The highest BCUT2D eigenvalue weighted by Crippen LogP contribution is 2.36. The van der Waals surface area contributed by atoms with E-state index in [1.54, 1.807) is 11.3 Å². The zero-order valence-electron chi connectivity index (χ0n) is 10.7. The number of thiazole rings is 1. The van der Waals surface area contributed by atoms with Crippen molar-refractivity contribution in [2.45, 2.75) is 13.8 Å². The Balaban J connectivity index is 2.25. The van der Waals surface area contributed by atoms with E-state index in [1.165, 1.54) is 15.8 Å². The van der Waals surface area contributed by atoms with Gasteiger partial charge in [-0.1, -0.05) is 28.1 Å². The van der Waals surface area contributed by atoms with Crippen molar-refractivity contribution in [2.24, 2.45) is 0 Å². The Morgan fingerprint density at radius 1 is 1.16 bits per heavy atom. The first-order chi connectivity index (χ1) is 9.06. The lowest BCUT2D eigenvalue weighted by Gasteiger charge is -2.02. The van der Waals surface area contributed by atoms with Gasteiger partial charge in [0.2, 0.25) is 0 Å². The minimum absolute atomic E-state index is 0.769. The van der Waals surface area contributed by atoms with E-state index in [2.05, 4.69) is 35.8 Å². The van der Waals surface area contributed by atoms with Crippen LogP contribution in [-0.2, 0) is 0 Å². The molecule has 1 heterocycles. The Bertz CT molecular complexity index is 777. The smallest absolute Gasteiger partial charge is 0.124 e. The van der Waals surface area contributed by atoms with Crippen LogP contribution < -0.4 is 5.73 Å². The molecule has 0 aliphatic carbocycles. The van der Waals surface area contributed by atoms with Crippen LogP contribution in [0.5, 0.6) is 0 Å². The van der Waals surface area contributed by atoms with Crippen LogP contribution in [0.4, 0.5) is 5.69 Å². The van der Waals surface area contributed by atoms with Gasteiger partial charge in [-0.3, -0.25) is 0 Å². The van der Waals surface area contributed by atoms with Crippen molar-refractivity contribution in [3.63, 3.8) is 0 Å². The first kappa shape index (κ1) is 12.6. The predicted octanol–water partition coefficient (Wildman–Crippen LogP) is 4.92. The second kappa shape index (κ2) is 4.62. The summed E-state index contributed by atoms with van der Waals surface area (Å²) in [4.78, 5) is 4.77. The highest BCUT2D eigenvalue weighted by molar-refractivity contribution is 9.10. The average molecular weight is 333 g/mol. The molecule has 0 aliphatic rings. The third kappa shape index (κ3) is 2.15. The van der Waals surface area contributed by atoms with Gasteiger partial charge in [-0.05, 0) is 43.2 Å². The average Bonchev–Trinajstić information content (AvgIpc) is 2.80. The maximum atomic E-state index is 5.84. The van der Waals surface area contributed by atoms with Crippen LogP contribution in [0.3, 0.4) is 0 Å². The zero-order chi connectivity index (χ0) is 13.6. The molecule has 1 aromatic heterocycles. The fourth-order valence-corrected chi connectivity index (χ4v) is 3.81. The van der Waals surface area contributed by atoms with Gasteiger partial charge in [0.15, 0.2) is 0 Å². The fraction of sp³-hybridized carbons (Fsp3) is 0.133. The van der Waals surface area contributed by atoms with Crippen LogP contribution in [0.2, 0.25) is 0 Å². The molecule has 3 rings (SSSR count). The molecule has 0 amide bonds. The van der Waals surface area contributed by atoms with Gasteiger partial charge in [0.1, 0.15) is 5.01 Å². The molecule has 2 N–H and O–H groups in total. The summed E-state index contributed by atoms with van der Waals surface area (Å²) in [5.41, 5.74) is 11.3. The van der Waals surface area contributed by atoms with Gasteiger partial charge in [0.25, 0.3) is 0 Å². The molecule has 19 heavy (non-hydrogen) atoms. The summed E-state index contributed by atoms with van der Waals surface area (Å²) in [5, 5.41) is 1.02. The molecule has 4 heteroatoms. The molecule has 0 saturated heterocycles. The van der Waals surface area contributed by atoms with E-state index in [0.717, 1.165) is 26.2 Å². The van der Waals surface area contributed by atoms with E-state index < -0.39 is 0 Å². The maximum Gasteiger partial charge on any atom is 0.124 e. The van der Waals surface area contributed by atoms with Crippen LogP contribution in [0.1, 0.15) is 11.1 Å². The number of aromatic nitrogens is 1. The summed E-state index contributed by atoms with van der Waals surface area (Å²) in [6, 6.07) is 10.0. The molecule has 0 saturated carbocycles. The van der Waals surface area contributed by atoms with Crippen molar-refractivity contribution in [1.82, 2.24) is 4.98 Å². The summed E-state index contributed by atoms with van der Waals surface area (Å²) in [7, 11) is 0. The molecular weight excluding hydrogens is 320 g/mol. The van der Waals surface area contributed by atoms with Crippen molar-refractivity contribution in [3.05, 3.63) is 45.9 Å². The molecule has 0 fully saturated rings. The first-order valence-corrected chi connectivity index (χ1v) is 7.59. The van der Waals surface area contributed by atoms with Crippen molar-refractivity contribution < 1.29 is 0 Å². The van der Waals surface area contributed by atoms with Crippen LogP contribution in [0.15, 0.2) is 34.8 Å². The van der Waals surface area contributed by atoms with Gasteiger partial charge in [-0.2, -0.15) is 0 Å². The normalized spacial score (nSPS) is 11.1. The van der Waals surface area contributed by atoms with Gasteiger partial charge in [-0.25, -0.2) is 4.98 Å². The molecule has 2 aromatic carbocycles. The lowest BCUT2D eigenvalue weighted by Crippen LogP contribution is -1.86. The van der Waals surface area contributed by atoms with E-state index in [4.69, 9.17) is 10.7 Å². The lowest BCUT2D eigenvalue weighted by atomic mass is 10.1. The Morgan fingerprint density at radius 3 is 2.68 bits per heavy atom. The molecule has 96 valence electrons. The molecule has 0 radical (unpaired) electrons. The topological polar surface area (TPSA) is 38.9 Å². The third-order valence-corrected chi connectivity index (χ3v) is 5.20. The van der Waals surface area contributed by atoms with Gasteiger partial charge < -0.3 is 5.73 Å². The van der Waals surface area contributed by atoms with E-state index in [-0.39, 0.29) is 0 Å². The molecule has 0 spiro atoms. The van der Waals surface area contributed by atoms with Gasteiger partial charge in [0, 0.05) is 15.7 Å². The van der Waals surface area contributed by atoms with Crippen molar-refractivity contribution in [2.75, 3.05) is 5.73 Å². The highest BCUT2D eigenvalue weighted by Gasteiger charge is 2.11. The monoisotopic (exact) mass is 332 g/mol. The summed E-state index contributed by atoms with van der Waals surface area (Å²) < 4.78 is 2.34. The summed E-state index contributed by atoms with van der Waals surface area (Å²) in [6.07, 6.45) is 0. The maximum absolute atomic E-state index is 5.84. The second-order valence-electron chi connectivity index (χ2n) is 4.60. The molecule has 2 nitrogen and oxygen atoms in total. The number of hydrogen-bond donors (Lipinski definition) is 1. The minimum Gasteiger partial charge on any atom is -0.399 e. The molecule has 0 unspecified atom stereocenters. The summed E-state index contributed by atoms with van der Waals surface area (Å²) in [6.45, 7) is 4.23. The van der Waals surface area contributed by atoms with Crippen LogP contribution in [0.25, 0.3) is 20.8 Å². The van der Waals surface area contributed by atoms with Crippen LogP contribution >= 0.6 is 27.3 Å². The van der Waals surface area contributed by atoms with Crippen LogP contribution in [0, 0.1) is 13.8 Å². The fourth-order valence-electron chi connectivity index (χ4n) is 2.07. The highest BCUT2D eigenvalue weighted by atomic mass is 79.9. The number of nitrogen functional groups attached to an aromatic ring is 1. The zero-order valence-corrected chi connectivity index (χ0v) is 13.1. The third-order valence-electron chi connectivity index (χ3n) is 3.32. The molecular formula is C15H13BrN2S. The van der Waals surface area contributed by atoms with Gasteiger partial charge in [0.05, 0.1) is 10.2 Å². The number of benzene rings is 2. The number of fused-ring (bicyclic) bond motifs is 1. The van der Waals surface area contributed by atoms with E-state index >= 15 is 0 Å². The Kier molecular flexibility index (Phi) is 3.07. The minimum atomic E-state index is 0.769. The lowest BCUT2D eigenvalue weighted by molar-refractivity contribution is 1.32. The van der Waals surface area contributed by atoms with E-state index in [9.17, 15) is 0 Å². The van der Waals surface area contributed by atoms with Gasteiger partial charge >= 0.3 is 0 Å². The SMILES string of the molecule is Cc1c(Br)cc2sc(-c3cccc(N)c3)nc2c1C. The molecule has 0 aliphatic heterocycles. The van der Waals surface area contributed by atoms with Gasteiger partial charge in [-0.15, -0.1) is 11.3 Å². The van der Waals surface area contributed by atoms with Crippen molar-refractivity contribution >= 4 is 43.2 Å².